The maximum absolute atomic E-state index is 12.6. The van der Waals surface area contributed by atoms with Crippen LogP contribution in [0.15, 0.2) is 48.7 Å². The molecule has 114 valence electrons. The van der Waals surface area contributed by atoms with Crippen molar-refractivity contribution >= 4 is 23.4 Å². The quantitative estimate of drug-likeness (QED) is 0.830. The molecule has 1 aromatic heterocycles. The summed E-state index contributed by atoms with van der Waals surface area (Å²) in [6.07, 6.45) is 1.59. The van der Waals surface area contributed by atoms with Gasteiger partial charge in [0.1, 0.15) is 5.15 Å². The molecule has 6 heteroatoms. The first-order valence-electron chi connectivity index (χ1n) is 6.79. The van der Waals surface area contributed by atoms with Gasteiger partial charge >= 0.3 is 0 Å². The Labute approximate surface area is 133 Å². The molecule has 1 heterocycles. The third kappa shape index (κ3) is 4.56. The molecule has 0 unspecified atom stereocenters. The molecule has 0 aliphatic heterocycles. The Hall–Kier alpha value is -2.40. The van der Waals surface area contributed by atoms with Gasteiger partial charge in [-0.25, -0.2) is 4.98 Å². The van der Waals surface area contributed by atoms with E-state index in [2.05, 4.69) is 4.98 Å². The number of nitrogens with two attached hydrogens (primary N) is 1. The minimum absolute atomic E-state index is 0.109. The minimum Gasteiger partial charge on any atom is -0.370 e. The van der Waals surface area contributed by atoms with Crippen LogP contribution in [0.3, 0.4) is 0 Å². The lowest BCUT2D eigenvalue weighted by atomic mass is 10.1. The van der Waals surface area contributed by atoms with Gasteiger partial charge in [-0.15, -0.1) is 0 Å². The fraction of sp³-hybridized carbons (Fsp3) is 0.188. The largest absolute Gasteiger partial charge is 0.370 e. The summed E-state index contributed by atoms with van der Waals surface area (Å²) >= 11 is 5.83. The molecule has 22 heavy (non-hydrogen) atoms. The van der Waals surface area contributed by atoms with Crippen molar-refractivity contribution in [1.29, 1.82) is 0 Å². The number of carbonyl (C=O) groups excluding carboxylic acids is 2. The van der Waals surface area contributed by atoms with Crippen LogP contribution < -0.4 is 5.73 Å². The topological polar surface area (TPSA) is 76.3 Å². The van der Waals surface area contributed by atoms with Crippen molar-refractivity contribution in [3.8, 4) is 0 Å². The smallest absolute Gasteiger partial charge is 0.254 e. The van der Waals surface area contributed by atoms with Crippen molar-refractivity contribution in [2.45, 2.75) is 13.0 Å². The molecule has 0 spiro atoms. The zero-order chi connectivity index (χ0) is 15.9. The molecule has 0 saturated carbocycles. The summed E-state index contributed by atoms with van der Waals surface area (Å²) in [5.41, 5.74) is 6.59. The van der Waals surface area contributed by atoms with Gasteiger partial charge in [-0.2, -0.15) is 0 Å². The SMILES string of the molecule is NC(=O)CCN(Cc1ccccc1)C(=O)c1ccnc(Cl)c1. The van der Waals surface area contributed by atoms with Gasteiger partial charge in [-0.1, -0.05) is 41.9 Å². The molecule has 0 saturated heterocycles. The number of halogens is 1. The summed E-state index contributed by atoms with van der Waals surface area (Å²) in [6.45, 7) is 0.649. The first kappa shape index (κ1) is 16.0. The van der Waals surface area contributed by atoms with Gasteiger partial charge in [0.25, 0.3) is 5.91 Å². The average Bonchev–Trinajstić information content (AvgIpc) is 2.51. The Morgan fingerprint density at radius 2 is 1.91 bits per heavy atom. The van der Waals surface area contributed by atoms with Crippen molar-refractivity contribution < 1.29 is 9.59 Å². The predicted molar refractivity (Wildman–Crippen MR) is 84.2 cm³/mol. The number of benzene rings is 1. The molecule has 0 aliphatic carbocycles. The van der Waals surface area contributed by atoms with Crippen LogP contribution in [0.5, 0.6) is 0 Å². The zero-order valence-corrected chi connectivity index (χ0v) is 12.7. The van der Waals surface area contributed by atoms with Gasteiger partial charge in [0.15, 0.2) is 0 Å². The molecule has 1 aromatic carbocycles. The molecule has 5 nitrogen and oxygen atoms in total. The highest BCUT2D eigenvalue weighted by molar-refractivity contribution is 6.29. The second-order valence-corrected chi connectivity index (χ2v) is 5.18. The molecular weight excluding hydrogens is 302 g/mol. The molecule has 0 bridgehead atoms. The van der Waals surface area contributed by atoms with Crippen molar-refractivity contribution in [2.75, 3.05) is 6.54 Å². The van der Waals surface area contributed by atoms with E-state index in [9.17, 15) is 9.59 Å². The summed E-state index contributed by atoms with van der Waals surface area (Å²) in [5, 5.41) is 0.250. The monoisotopic (exact) mass is 317 g/mol. The first-order chi connectivity index (χ1) is 10.6. The normalized spacial score (nSPS) is 10.2. The predicted octanol–water partition coefficient (Wildman–Crippen LogP) is 2.25. The van der Waals surface area contributed by atoms with E-state index >= 15 is 0 Å². The summed E-state index contributed by atoms with van der Waals surface area (Å²) in [4.78, 5) is 29.1. The van der Waals surface area contributed by atoms with Crippen molar-refractivity contribution in [3.63, 3.8) is 0 Å². The van der Waals surface area contributed by atoms with E-state index in [1.807, 2.05) is 30.3 Å². The molecule has 2 aromatic rings. The second kappa shape index (κ2) is 7.56. The Balaban J connectivity index is 2.19. The third-order valence-corrected chi connectivity index (χ3v) is 3.31. The zero-order valence-electron chi connectivity index (χ0n) is 11.9. The van der Waals surface area contributed by atoms with Gasteiger partial charge in [-0.05, 0) is 17.7 Å². The maximum atomic E-state index is 12.6. The number of amides is 2. The number of pyridine rings is 1. The molecular formula is C16H16ClN3O2. The Bertz CT molecular complexity index is 661. The highest BCUT2D eigenvalue weighted by Crippen LogP contribution is 2.13. The van der Waals surface area contributed by atoms with Crippen LogP contribution in [0.4, 0.5) is 0 Å². The Morgan fingerprint density at radius 3 is 2.55 bits per heavy atom. The minimum atomic E-state index is -0.446. The molecule has 0 atom stereocenters. The lowest BCUT2D eigenvalue weighted by Gasteiger charge is -2.22. The molecule has 2 N–H and O–H groups in total. The molecule has 2 rings (SSSR count). The van der Waals surface area contributed by atoms with E-state index in [1.54, 1.807) is 11.0 Å². The lowest BCUT2D eigenvalue weighted by Crippen LogP contribution is -2.33. The fourth-order valence-electron chi connectivity index (χ4n) is 2.02. The number of rotatable bonds is 6. The van der Waals surface area contributed by atoms with E-state index in [-0.39, 0.29) is 24.0 Å². The fourth-order valence-corrected chi connectivity index (χ4v) is 2.19. The van der Waals surface area contributed by atoms with Gasteiger partial charge < -0.3 is 10.6 Å². The van der Waals surface area contributed by atoms with Gasteiger partial charge in [-0.3, -0.25) is 9.59 Å². The highest BCUT2D eigenvalue weighted by Gasteiger charge is 2.17. The van der Waals surface area contributed by atoms with Gasteiger partial charge in [0, 0.05) is 31.3 Å². The molecule has 2 amide bonds. The standard InChI is InChI=1S/C16H16ClN3O2/c17-14-10-13(6-8-19-14)16(22)20(9-7-15(18)21)11-12-4-2-1-3-5-12/h1-6,8,10H,7,9,11H2,(H2,18,21). The van der Waals surface area contributed by atoms with Crippen LogP contribution in [0.2, 0.25) is 5.15 Å². The van der Waals surface area contributed by atoms with Gasteiger partial charge in [0.2, 0.25) is 5.91 Å². The van der Waals surface area contributed by atoms with Crippen LogP contribution in [0.1, 0.15) is 22.3 Å². The van der Waals surface area contributed by atoms with Crippen molar-refractivity contribution in [3.05, 3.63) is 64.9 Å². The maximum Gasteiger partial charge on any atom is 0.254 e. The van der Waals surface area contributed by atoms with E-state index in [0.29, 0.717) is 12.1 Å². The highest BCUT2D eigenvalue weighted by atomic mass is 35.5. The summed E-state index contributed by atoms with van der Waals surface area (Å²) in [6, 6.07) is 12.6. The molecule has 0 radical (unpaired) electrons. The van der Waals surface area contributed by atoms with Crippen molar-refractivity contribution in [2.24, 2.45) is 5.73 Å². The average molecular weight is 318 g/mol. The number of hydrogen-bond acceptors (Lipinski definition) is 3. The number of nitrogens with zero attached hydrogens (tertiary/aromatic N) is 2. The van der Waals surface area contributed by atoms with Crippen molar-refractivity contribution in [1.82, 2.24) is 9.88 Å². The summed E-state index contributed by atoms with van der Waals surface area (Å²) in [7, 11) is 0. The van der Waals surface area contributed by atoms with Gasteiger partial charge in [0.05, 0.1) is 0 Å². The molecule has 0 aliphatic rings. The Morgan fingerprint density at radius 1 is 1.18 bits per heavy atom. The van der Waals surface area contributed by atoms with E-state index in [0.717, 1.165) is 5.56 Å². The molecule has 0 fully saturated rings. The van der Waals surface area contributed by atoms with Crippen LogP contribution in [0.25, 0.3) is 0 Å². The third-order valence-electron chi connectivity index (χ3n) is 3.11. The van der Waals surface area contributed by atoms with Crippen LogP contribution in [-0.4, -0.2) is 28.2 Å². The second-order valence-electron chi connectivity index (χ2n) is 4.80. The number of carbonyl (C=O) groups is 2. The van der Waals surface area contributed by atoms with Crippen LogP contribution in [0, 0.1) is 0 Å². The van der Waals surface area contributed by atoms with E-state index in [4.69, 9.17) is 17.3 Å². The Kier molecular flexibility index (Phi) is 5.49. The van der Waals surface area contributed by atoms with Crippen LogP contribution >= 0.6 is 11.6 Å². The van der Waals surface area contributed by atoms with E-state index in [1.165, 1.54) is 12.3 Å². The summed E-state index contributed by atoms with van der Waals surface area (Å²) < 4.78 is 0. The van der Waals surface area contributed by atoms with E-state index < -0.39 is 5.91 Å². The summed E-state index contributed by atoms with van der Waals surface area (Å²) in [5.74, 6) is -0.659. The number of primary amides is 1. The number of aromatic nitrogens is 1. The first-order valence-corrected chi connectivity index (χ1v) is 7.17. The lowest BCUT2D eigenvalue weighted by molar-refractivity contribution is -0.118. The number of hydrogen-bond donors (Lipinski definition) is 1. The van der Waals surface area contributed by atoms with Crippen LogP contribution in [-0.2, 0) is 11.3 Å².